The first-order valence-electron chi connectivity index (χ1n) is 5.60. The molecule has 2 nitrogen and oxygen atoms in total. The van der Waals surface area contributed by atoms with Crippen LogP contribution in [0.25, 0.3) is 0 Å². The molecule has 1 aromatic rings. The van der Waals surface area contributed by atoms with Crippen molar-refractivity contribution in [1.29, 1.82) is 0 Å². The molecule has 1 rings (SSSR count). The van der Waals surface area contributed by atoms with E-state index in [4.69, 9.17) is 5.73 Å². The van der Waals surface area contributed by atoms with Gasteiger partial charge in [0.25, 0.3) is 0 Å². The highest BCUT2D eigenvalue weighted by Gasteiger charge is 2.30. The normalized spacial score (nSPS) is 11.9. The summed E-state index contributed by atoms with van der Waals surface area (Å²) >= 11 is 4.68. The lowest BCUT2D eigenvalue weighted by atomic mass is 10.1. The fraction of sp³-hybridized carbons (Fsp3) is 0.417. The highest BCUT2D eigenvalue weighted by atomic mass is 32.1. The SMILES string of the molecule is CCN(Cc1ccc(F)c(C(N)=S)c1)CC(F)(F)F. The third-order valence-corrected chi connectivity index (χ3v) is 2.77. The summed E-state index contributed by atoms with van der Waals surface area (Å²) in [6, 6.07) is 3.97. The van der Waals surface area contributed by atoms with Crippen molar-refractivity contribution in [2.75, 3.05) is 13.1 Å². The minimum absolute atomic E-state index is 0.0514. The van der Waals surface area contributed by atoms with Gasteiger partial charge in [0.2, 0.25) is 0 Å². The third kappa shape index (κ3) is 5.12. The number of nitrogens with two attached hydrogens (primary N) is 1. The molecule has 2 N–H and O–H groups in total. The van der Waals surface area contributed by atoms with Crippen molar-refractivity contribution >= 4 is 17.2 Å². The summed E-state index contributed by atoms with van der Waals surface area (Å²) in [4.78, 5) is 1.09. The molecule has 0 fully saturated rings. The molecule has 0 amide bonds. The Morgan fingerprint density at radius 3 is 2.47 bits per heavy atom. The summed E-state index contributed by atoms with van der Waals surface area (Å²) in [6.45, 7) is 0.915. The van der Waals surface area contributed by atoms with Crippen LogP contribution in [0.2, 0.25) is 0 Å². The largest absolute Gasteiger partial charge is 0.401 e. The van der Waals surface area contributed by atoms with E-state index in [0.29, 0.717) is 5.56 Å². The Balaban J connectivity index is 2.86. The van der Waals surface area contributed by atoms with Gasteiger partial charge < -0.3 is 5.73 Å². The molecule has 0 bridgehead atoms. The molecule has 0 spiro atoms. The van der Waals surface area contributed by atoms with Gasteiger partial charge in [-0.05, 0) is 24.2 Å². The van der Waals surface area contributed by atoms with E-state index in [-0.39, 0.29) is 23.6 Å². The Hall–Kier alpha value is -1.21. The van der Waals surface area contributed by atoms with Crippen molar-refractivity contribution in [3.8, 4) is 0 Å². The van der Waals surface area contributed by atoms with E-state index in [9.17, 15) is 17.6 Å². The number of halogens is 4. The molecule has 0 atom stereocenters. The summed E-state index contributed by atoms with van der Waals surface area (Å²) in [5, 5.41) is 0. The van der Waals surface area contributed by atoms with Gasteiger partial charge in [0, 0.05) is 12.1 Å². The zero-order valence-corrected chi connectivity index (χ0v) is 11.1. The van der Waals surface area contributed by atoms with Crippen LogP contribution in [0.1, 0.15) is 18.1 Å². The molecule has 106 valence electrons. The van der Waals surface area contributed by atoms with Gasteiger partial charge in [-0.2, -0.15) is 13.2 Å². The predicted molar refractivity (Wildman–Crippen MR) is 69.3 cm³/mol. The van der Waals surface area contributed by atoms with Crippen LogP contribution >= 0.6 is 12.2 Å². The highest BCUT2D eigenvalue weighted by Crippen LogP contribution is 2.19. The van der Waals surface area contributed by atoms with Crippen LogP contribution in [-0.4, -0.2) is 29.2 Å². The third-order valence-electron chi connectivity index (χ3n) is 2.55. The molecule has 1 aromatic carbocycles. The Morgan fingerprint density at radius 1 is 1.37 bits per heavy atom. The fourth-order valence-electron chi connectivity index (χ4n) is 1.65. The van der Waals surface area contributed by atoms with Crippen LogP contribution in [0.15, 0.2) is 18.2 Å². The summed E-state index contributed by atoms with van der Waals surface area (Å²) in [5.74, 6) is -0.574. The molecule has 7 heteroatoms. The molecule has 0 heterocycles. The Morgan fingerprint density at radius 2 is 2.00 bits per heavy atom. The minimum Gasteiger partial charge on any atom is -0.389 e. The van der Waals surface area contributed by atoms with Crippen molar-refractivity contribution < 1.29 is 17.6 Å². The van der Waals surface area contributed by atoms with Crippen molar-refractivity contribution in [2.45, 2.75) is 19.6 Å². The van der Waals surface area contributed by atoms with Crippen LogP contribution in [0.4, 0.5) is 17.6 Å². The van der Waals surface area contributed by atoms with Crippen LogP contribution in [0.5, 0.6) is 0 Å². The molecule has 0 aliphatic carbocycles. The summed E-state index contributed by atoms with van der Waals surface area (Å²) < 4.78 is 50.3. The van der Waals surface area contributed by atoms with Crippen molar-refractivity contribution in [2.24, 2.45) is 5.73 Å². The maximum atomic E-state index is 13.3. The number of nitrogens with zero attached hydrogens (tertiary/aromatic N) is 1. The second-order valence-electron chi connectivity index (χ2n) is 4.10. The average molecular weight is 294 g/mol. The monoisotopic (exact) mass is 294 g/mol. The zero-order chi connectivity index (χ0) is 14.6. The first kappa shape index (κ1) is 15.8. The van der Waals surface area contributed by atoms with Gasteiger partial charge in [-0.15, -0.1) is 0 Å². The summed E-state index contributed by atoms with van der Waals surface area (Å²) in [7, 11) is 0. The van der Waals surface area contributed by atoms with Crippen LogP contribution in [0, 0.1) is 5.82 Å². The molecule has 0 aliphatic heterocycles. The molecule has 19 heavy (non-hydrogen) atoms. The number of thiocarbonyl (C=S) groups is 1. The summed E-state index contributed by atoms with van der Waals surface area (Å²) in [6.07, 6.45) is -4.26. The summed E-state index contributed by atoms with van der Waals surface area (Å²) in [5.41, 5.74) is 5.94. The second-order valence-corrected chi connectivity index (χ2v) is 4.54. The van der Waals surface area contributed by atoms with Crippen LogP contribution < -0.4 is 5.73 Å². The maximum Gasteiger partial charge on any atom is 0.401 e. The van der Waals surface area contributed by atoms with E-state index in [2.05, 4.69) is 12.2 Å². The quantitative estimate of drug-likeness (QED) is 0.669. The van der Waals surface area contributed by atoms with Crippen LogP contribution in [0.3, 0.4) is 0 Å². The molecule has 0 aliphatic rings. The first-order valence-corrected chi connectivity index (χ1v) is 6.01. The van der Waals surface area contributed by atoms with Gasteiger partial charge in [-0.1, -0.05) is 25.2 Å². The van der Waals surface area contributed by atoms with Gasteiger partial charge in [0.15, 0.2) is 0 Å². The van der Waals surface area contributed by atoms with E-state index in [1.54, 1.807) is 6.92 Å². The smallest absolute Gasteiger partial charge is 0.389 e. The fourth-order valence-corrected chi connectivity index (χ4v) is 1.81. The second kappa shape index (κ2) is 6.29. The number of rotatable bonds is 5. The average Bonchev–Trinajstić information content (AvgIpc) is 2.28. The van der Waals surface area contributed by atoms with E-state index >= 15 is 0 Å². The van der Waals surface area contributed by atoms with Gasteiger partial charge in [-0.3, -0.25) is 4.90 Å². The number of benzene rings is 1. The molecule has 0 unspecified atom stereocenters. The van der Waals surface area contributed by atoms with Crippen LogP contribution in [-0.2, 0) is 6.54 Å². The van der Waals surface area contributed by atoms with Gasteiger partial charge in [-0.25, -0.2) is 4.39 Å². The molecule has 0 saturated heterocycles. The van der Waals surface area contributed by atoms with Crippen molar-refractivity contribution in [1.82, 2.24) is 4.90 Å². The van der Waals surface area contributed by atoms with Gasteiger partial charge in [0.1, 0.15) is 10.8 Å². The van der Waals surface area contributed by atoms with E-state index in [0.717, 1.165) is 6.07 Å². The Kier molecular flexibility index (Phi) is 5.25. The van der Waals surface area contributed by atoms with Crippen molar-refractivity contribution in [3.63, 3.8) is 0 Å². The van der Waals surface area contributed by atoms with E-state index in [1.165, 1.54) is 17.0 Å². The lowest BCUT2D eigenvalue weighted by Gasteiger charge is -2.22. The number of hydrogen-bond donors (Lipinski definition) is 1. The number of alkyl halides is 3. The molecule has 0 radical (unpaired) electrons. The maximum absolute atomic E-state index is 13.3. The molecular weight excluding hydrogens is 280 g/mol. The zero-order valence-electron chi connectivity index (χ0n) is 10.3. The standard InChI is InChI=1S/C12H14F4N2S/c1-2-18(7-12(14,15)16)6-8-3-4-10(13)9(5-8)11(17)19/h3-5H,2,6-7H2,1H3,(H2,17,19). The predicted octanol–water partition coefficient (Wildman–Crippen LogP) is 2.84. The minimum atomic E-state index is -4.26. The van der Waals surface area contributed by atoms with E-state index in [1.807, 2.05) is 0 Å². The highest BCUT2D eigenvalue weighted by molar-refractivity contribution is 7.80. The molecule has 0 saturated carbocycles. The van der Waals surface area contributed by atoms with Crippen molar-refractivity contribution in [3.05, 3.63) is 35.1 Å². The lowest BCUT2D eigenvalue weighted by molar-refractivity contribution is -0.146. The Bertz CT molecular complexity index is 460. The van der Waals surface area contributed by atoms with Gasteiger partial charge in [0.05, 0.1) is 6.54 Å². The number of hydrogen-bond acceptors (Lipinski definition) is 2. The lowest BCUT2D eigenvalue weighted by Crippen LogP contribution is -2.33. The van der Waals surface area contributed by atoms with Gasteiger partial charge >= 0.3 is 6.18 Å². The Labute approximate surface area is 114 Å². The molecular formula is C12H14F4N2S. The molecule has 0 aromatic heterocycles. The first-order chi connectivity index (χ1) is 8.73. The topological polar surface area (TPSA) is 29.3 Å². The van der Waals surface area contributed by atoms with E-state index < -0.39 is 18.5 Å².